The molecule has 0 radical (unpaired) electrons. The maximum Gasteiger partial charge on any atom is 0.262 e. The fourth-order valence-corrected chi connectivity index (χ4v) is 3.24. The molecule has 4 rings (SSSR count). The van der Waals surface area contributed by atoms with Crippen LogP contribution < -0.4 is 10.1 Å². The van der Waals surface area contributed by atoms with Crippen molar-refractivity contribution in [3.05, 3.63) is 76.0 Å². The number of benzene rings is 3. The molecular formula is C21H13BrClFN2O3. The Labute approximate surface area is 178 Å². The van der Waals surface area contributed by atoms with Crippen molar-refractivity contribution in [2.24, 2.45) is 0 Å². The first-order valence-electron chi connectivity index (χ1n) is 8.53. The molecule has 0 unspecified atom stereocenters. The van der Waals surface area contributed by atoms with Crippen molar-refractivity contribution in [1.82, 2.24) is 4.98 Å². The molecule has 0 saturated heterocycles. The Morgan fingerprint density at radius 1 is 1.17 bits per heavy atom. The van der Waals surface area contributed by atoms with Crippen molar-refractivity contribution >= 4 is 50.2 Å². The third-order valence-electron chi connectivity index (χ3n) is 4.03. The van der Waals surface area contributed by atoms with Crippen LogP contribution in [-0.2, 0) is 4.79 Å². The van der Waals surface area contributed by atoms with Crippen molar-refractivity contribution in [3.63, 3.8) is 0 Å². The fourth-order valence-electron chi connectivity index (χ4n) is 2.68. The summed E-state index contributed by atoms with van der Waals surface area (Å²) in [6.45, 7) is -0.323. The van der Waals surface area contributed by atoms with E-state index in [1.165, 1.54) is 12.1 Å². The van der Waals surface area contributed by atoms with Crippen LogP contribution in [0.4, 0.5) is 10.1 Å². The van der Waals surface area contributed by atoms with E-state index in [0.29, 0.717) is 33.3 Å². The Bertz CT molecular complexity index is 1210. The normalized spacial score (nSPS) is 10.9. The van der Waals surface area contributed by atoms with Crippen molar-refractivity contribution in [2.75, 3.05) is 11.9 Å². The Morgan fingerprint density at radius 3 is 2.83 bits per heavy atom. The standard InChI is InChI=1S/C21H13BrClFN2O3/c22-12-5-7-15(23)14(9-12)21-26-17-10-13(6-8-19(17)29-21)25-20(27)11-28-18-4-2-1-3-16(18)24/h1-10H,11H2,(H,25,27). The molecule has 0 aliphatic rings. The van der Waals surface area contributed by atoms with E-state index >= 15 is 0 Å². The molecule has 5 nitrogen and oxygen atoms in total. The highest BCUT2D eigenvalue weighted by molar-refractivity contribution is 9.10. The summed E-state index contributed by atoms with van der Waals surface area (Å²) < 4.78 is 25.4. The minimum atomic E-state index is -0.525. The summed E-state index contributed by atoms with van der Waals surface area (Å²) in [4.78, 5) is 16.6. The van der Waals surface area contributed by atoms with Gasteiger partial charge in [0.1, 0.15) is 5.52 Å². The molecule has 0 aliphatic heterocycles. The first-order valence-corrected chi connectivity index (χ1v) is 9.70. The number of fused-ring (bicyclic) bond motifs is 1. The van der Waals surface area contributed by atoms with Crippen LogP contribution >= 0.6 is 27.5 Å². The summed E-state index contributed by atoms with van der Waals surface area (Å²) in [7, 11) is 0. The quantitative estimate of drug-likeness (QED) is 0.381. The molecule has 0 fully saturated rings. The predicted molar refractivity (Wildman–Crippen MR) is 113 cm³/mol. The zero-order chi connectivity index (χ0) is 20.4. The molecule has 0 bridgehead atoms. The van der Waals surface area contributed by atoms with Gasteiger partial charge in [0.2, 0.25) is 5.89 Å². The van der Waals surface area contributed by atoms with E-state index in [2.05, 4.69) is 26.2 Å². The van der Waals surface area contributed by atoms with E-state index in [9.17, 15) is 9.18 Å². The highest BCUT2D eigenvalue weighted by Gasteiger charge is 2.13. The van der Waals surface area contributed by atoms with E-state index in [0.717, 1.165) is 4.47 Å². The lowest BCUT2D eigenvalue weighted by Crippen LogP contribution is -2.20. The molecule has 1 amide bonds. The van der Waals surface area contributed by atoms with Crippen LogP contribution in [0.25, 0.3) is 22.6 Å². The molecule has 1 N–H and O–H groups in total. The lowest BCUT2D eigenvalue weighted by Gasteiger charge is -2.08. The minimum Gasteiger partial charge on any atom is -0.481 e. The molecule has 0 saturated carbocycles. The van der Waals surface area contributed by atoms with Gasteiger partial charge in [-0.3, -0.25) is 4.79 Å². The molecule has 146 valence electrons. The van der Waals surface area contributed by atoms with Gasteiger partial charge < -0.3 is 14.5 Å². The summed E-state index contributed by atoms with van der Waals surface area (Å²) in [5.74, 6) is -0.558. The van der Waals surface area contributed by atoms with Crippen molar-refractivity contribution in [3.8, 4) is 17.2 Å². The van der Waals surface area contributed by atoms with E-state index < -0.39 is 11.7 Å². The third-order valence-corrected chi connectivity index (χ3v) is 4.85. The number of carbonyl (C=O) groups is 1. The third kappa shape index (κ3) is 4.41. The van der Waals surface area contributed by atoms with Gasteiger partial charge in [-0.15, -0.1) is 0 Å². The zero-order valence-electron chi connectivity index (χ0n) is 14.8. The monoisotopic (exact) mass is 474 g/mol. The smallest absolute Gasteiger partial charge is 0.262 e. The summed E-state index contributed by atoms with van der Waals surface area (Å²) in [6.07, 6.45) is 0. The van der Waals surface area contributed by atoms with Crippen molar-refractivity contribution < 1.29 is 18.3 Å². The number of carbonyl (C=O) groups excluding carboxylic acids is 1. The number of hydrogen-bond acceptors (Lipinski definition) is 4. The van der Waals surface area contributed by atoms with E-state index in [-0.39, 0.29) is 12.4 Å². The fraction of sp³-hybridized carbons (Fsp3) is 0.0476. The zero-order valence-corrected chi connectivity index (χ0v) is 17.1. The van der Waals surface area contributed by atoms with Crippen LogP contribution in [0.3, 0.4) is 0 Å². The Morgan fingerprint density at radius 2 is 2.00 bits per heavy atom. The van der Waals surface area contributed by atoms with Gasteiger partial charge >= 0.3 is 0 Å². The number of ether oxygens (including phenoxy) is 1. The number of halogens is 3. The maximum absolute atomic E-state index is 13.5. The molecule has 0 atom stereocenters. The average molecular weight is 476 g/mol. The molecule has 8 heteroatoms. The van der Waals surface area contributed by atoms with Crippen LogP contribution in [0.2, 0.25) is 5.02 Å². The first kappa shape index (κ1) is 19.4. The largest absolute Gasteiger partial charge is 0.481 e. The predicted octanol–water partition coefficient (Wildman–Crippen LogP) is 6.07. The molecule has 1 heterocycles. The van der Waals surface area contributed by atoms with Gasteiger partial charge in [0.25, 0.3) is 5.91 Å². The lowest BCUT2D eigenvalue weighted by atomic mass is 10.2. The van der Waals surface area contributed by atoms with Gasteiger partial charge in [0.05, 0.1) is 10.6 Å². The van der Waals surface area contributed by atoms with Crippen LogP contribution in [-0.4, -0.2) is 17.5 Å². The second-order valence-corrected chi connectivity index (χ2v) is 7.42. The second kappa shape index (κ2) is 8.23. The molecule has 1 aromatic heterocycles. The number of anilines is 1. The number of aromatic nitrogens is 1. The van der Waals surface area contributed by atoms with Gasteiger partial charge in [-0.05, 0) is 48.5 Å². The molecule has 0 aliphatic carbocycles. The van der Waals surface area contributed by atoms with Crippen molar-refractivity contribution in [1.29, 1.82) is 0 Å². The van der Waals surface area contributed by atoms with Crippen LogP contribution in [0, 0.1) is 5.82 Å². The Kier molecular flexibility index (Phi) is 5.51. The average Bonchev–Trinajstić information content (AvgIpc) is 3.12. The number of oxazole rings is 1. The number of nitrogens with one attached hydrogen (secondary N) is 1. The van der Waals surface area contributed by atoms with Crippen molar-refractivity contribution in [2.45, 2.75) is 0 Å². The number of nitrogens with zero attached hydrogens (tertiary/aromatic N) is 1. The molecule has 29 heavy (non-hydrogen) atoms. The van der Waals surface area contributed by atoms with E-state index in [1.54, 1.807) is 36.4 Å². The van der Waals surface area contributed by atoms with Crippen LogP contribution in [0.15, 0.2) is 69.6 Å². The first-order chi connectivity index (χ1) is 14.0. The summed E-state index contributed by atoms with van der Waals surface area (Å²) in [5, 5.41) is 3.20. The molecule has 3 aromatic carbocycles. The maximum atomic E-state index is 13.5. The van der Waals surface area contributed by atoms with Gasteiger partial charge in [0, 0.05) is 10.2 Å². The molecule has 4 aromatic rings. The number of rotatable bonds is 5. The second-order valence-electron chi connectivity index (χ2n) is 6.09. The van der Waals surface area contributed by atoms with Gasteiger partial charge in [-0.1, -0.05) is 39.7 Å². The van der Waals surface area contributed by atoms with Gasteiger partial charge in [-0.25, -0.2) is 9.37 Å². The minimum absolute atomic E-state index is 0.0187. The molecule has 0 spiro atoms. The molecular weight excluding hydrogens is 463 g/mol. The van der Waals surface area contributed by atoms with E-state index in [4.69, 9.17) is 20.8 Å². The lowest BCUT2D eigenvalue weighted by molar-refractivity contribution is -0.118. The SMILES string of the molecule is O=C(COc1ccccc1F)Nc1ccc2oc(-c3cc(Br)ccc3Cl)nc2c1. The summed E-state index contributed by atoms with van der Waals surface area (Å²) in [5.41, 5.74) is 2.28. The van der Waals surface area contributed by atoms with Crippen LogP contribution in [0.5, 0.6) is 5.75 Å². The highest BCUT2D eigenvalue weighted by Crippen LogP contribution is 2.33. The van der Waals surface area contributed by atoms with Gasteiger partial charge in [-0.2, -0.15) is 0 Å². The van der Waals surface area contributed by atoms with Crippen LogP contribution in [0.1, 0.15) is 0 Å². The van der Waals surface area contributed by atoms with Gasteiger partial charge in [0.15, 0.2) is 23.8 Å². The number of amides is 1. The number of hydrogen-bond donors (Lipinski definition) is 1. The Balaban J connectivity index is 1.49. The number of para-hydroxylation sites is 1. The highest BCUT2D eigenvalue weighted by atomic mass is 79.9. The van der Waals surface area contributed by atoms with E-state index in [1.807, 2.05) is 12.1 Å². The summed E-state index contributed by atoms with van der Waals surface area (Å²) >= 11 is 9.64. The Hall–Kier alpha value is -2.90. The summed E-state index contributed by atoms with van der Waals surface area (Å²) in [6, 6.07) is 16.3. The topological polar surface area (TPSA) is 64.4 Å².